The normalized spacial score (nSPS) is 36.5. The Morgan fingerprint density at radius 3 is 1.53 bits per heavy atom. The molecule has 3 aliphatic rings. The van der Waals surface area contributed by atoms with Crippen LogP contribution in [-0.2, 0) is 0 Å². The minimum atomic E-state index is 0.461. The quantitative estimate of drug-likeness (QED) is 0.271. The molecular weight excluding hydrogens is 407 g/mol. The number of hydrogen-bond acceptors (Lipinski definition) is 0. The second kappa shape index (κ2) is 14.0. The minimum Gasteiger partial charge on any atom is -0.127 e. The molecule has 0 aromatic rings. The van der Waals surface area contributed by atoms with Crippen LogP contribution >= 0.6 is 23.2 Å². The summed E-state index contributed by atoms with van der Waals surface area (Å²) in [5.74, 6) is 6.64. The number of alkyl halides is 2. The van der Waals surface area contributed by atoms with E-state index >= 15 is 0 Å². The van der Waals surface area contributed by atoms with Crippen molar-refractivity contribution in [1.82, 2.24) is 0 Å². The van der Waals surface area contributed by atoms with Crippen molar-refractivity contribution in [2.75, 3.05) is 5.88 Å². The lowest BCUT2D eigenvalue weighted by Gasteiger charge is -2.35. The van der Waals surface area contributed by atoms with Crippen molar-refractivity contribution in [1.29, 1.82) is 0 Å². The molecule has 0 radical (unpaired) electrons. The first kappa shape index (κ1) is 25.2. The van der Waals surface area contributed by atoms with Crippen LogP contribution in [0.25, 0.3) is 0 Å². The van der Waals surface area contributed by atoms with E-state index in [1.807, 2.05) is 0 Å². The van der Waals surface area contributed by atoms with Crippen LogP contribution in [0.3, 0.4) is 0 Å². The van der Waals surface area contributed by atoms with Gasteiger partial charge in [-0.2, -0.15) is 0 Å². The summed E-state index contributed by atoms with van der Waals surface area (Å²) >= 11 is 12.8. The van der Waals surface area contributed by atoms with E-state index in [1.165, 1.54) is 122 Å². The van der Waals surface area contributed by atoms with Crippen molar-refractivity contribution in [3.63, 3.8) is 0 Å². The summed E-state index contributed by atoms with van der Waals surface area (Å²) < 4.78 is 0. The molecular formula is C28H50Cl2. The zero-order chi connectivity index (χ0) is 21.2. The van der Waals surface area contributed by atoms with Gasteiger partial charge in [0.15, 0.2) is 0 Å². The summed E-state index contributed by atoms with van der Waals surface area (Å²) in [6.07, 6.45) is 27.3. The fraction of sp³-hybridized carbons (Fsp3) is 1.00. The van der Waals surface area contributed by atoms with Crippen molar-refractivity contribution < 1.29 is 0 Å². The topological polar surface area (TPSA) is 0 Å². The molecule has 0 saturated heterocycles. The van der Waals surface area contributed by atoms with Crippen molar-refractivity contribution in [3.05, 3.63) is 0 Å². The van der Waals surface area contributed by atoms with Gasteiger partial charge in [0.2, 0.25) is 0 Å². The molecule has 0 heterocycles. The van der Waals surface area contributed by atoms with Crippen LogP contribution in [0.2, 0.25) is 0 Å². The summed E-state index contributed by atoms with van der Waals surface area (Å²) in [5.41, 5.74) is 0. The average molecular weight is 458 g/mol. The molecule has 1 unspecified atom stereocenters. The highest BCUT2D eigenvalue weighted by atomic mass is 35.5. The van der Waals surface area contributed by atoms with Crippen molar-refractivity contribution in [2.45, 2.75) is 134 Å². The summed E-state index contributed by atoms with van der Waals surface area (Å²) in [7, 11) is 0. The molecule has 1 atom stereocenters. The van der Waals surface area contributed by atoms with E-state index in [0.717, 1.165) is 41.4 Å². The Morgan fingerprint density at radius 2 is 1.03 bits per heavy atom. The molecule has 3 rings (SSSR count). The lowest BCUT2D eigenvalue weighted by atomic mass is 9.73. The molecule has 0 nitrogen and oxygen atoms in total. The third-order valence-electron chi connectivity index (χ3n) is 9.32. The predicted molar refractivity (Wildman–Crippen MR) is 135 cm³/mol. The van der Waals surface area contributed by atoms with Crippen LogP contribution in [0, 0.1) is 35.5 Å². The number of halogens is 2. The van der Waals surface area contributed by atoms with Crippen LogP contribution in [0.15, 0.2) is 0 Å². The largest absolute Gasteiger partial charge is 0.127 e. The Balaban J connectivity index is 1.25. The fourth-order valence-corrected chi connectivity index (χ4v) is 7.82. The van der Waals surface area contributed by atoms with Gasteiger partial charge in [0.05, 0.1) is 0 Å². The van der Waals surface area contributed by atoms with Gasteiger partial charge in [0, 0.05) is 11.3 Å². The van der Waals surface area contributed by atoms with Gasteiger partial charge in [-0.05, 0) is 67.6 Å². The van der Waals surface area contributed by atoms with Gasteiger partial charge in [0.25, 0.3) is 0 Å². The number of rotatable bonds is 11. The van der Waals surface area contributed by atoms with Crippen LogP contribution in [0.1, 0.15) is 129 Å². The van der Waals surface area contributed by atoms with Gasteiger partial charge in [-0.25, -0.2) is 0 Å². The molecule has 0 aromatic carbocycles. The smallest absolute Gasteiger partial charge is 0.0366 e. The molecule has 0 N–H and O–H groups in total. The third kappa shape index (κ3) is 8.50. The van der Waals surface area contributed by atoms with E-state index in [2.05, 4.69) is 6.92 Å². The van der Waals surface area contributed by atoms with E-state index in [9.17, 15) is 0 Å². The van der Waals surface area contributed by atoms with Crippen LogP contribution in [0.4, 0.5) is 0 Å². The van der Waals surface area contributed by atoms with Gasteiger partial charge in [-0.15, -0.1) is 23.2 Å². The molecule has 30 heavy (non-hydrogen) atoms. The highest BCUT2D eigenvalue weighted by molar-refractivity contribution is 6.20. The molecule has 3 fully saturated rings. The maximum Gasteiger partial charge on any atom is 0.0366 e. The predicted octanol–water partition coefficient (Wildman–Crippen LogP) is 10.0. The second-order valence-electron chi connectivity index (χ2n) is 11.5. The van der Waals surface area contributed by atoms with Gasteiger partial charge < -0.3 is 0 Å². The van der Waals surface area contributed by atoms with Crippen LogP contribution in [-0.4, -0.2) is 11.3 Å². The van der Waals surface area contributed by atoms with Crippen molar-refractivity contribution >= 4 is 23.2 Å². The fourth-order valence-electron chi connectivity index (χ4n) is 7.16. The monoisotopic (exact) mass is 456 g/mol. The zero-order valence-corrected chi connectivity index (χ0v) is 21.5. The van der Waals surface area contributed by atoms with E-state index in [-0.39, 0.29) is 0 Å². The highest BCUT2D eigenvalue weighted by Gasteiger charge is 2.30. The lowest BCUT2D eigenvalue weighted by Crippen LogP contribution is -2.26. The Bertz CT molecular complexity index is 426. The molecule has 2 heteroatoms. The second-order valence-corrected chi connectivity index (χ2v) is 12.4. The standard InChI is InChI=1S/C28H50Cl2/c1-2-4-22-16-18-27(19-17-22)28(30)21-26-14-12-25(13-15-26)11-10-24-8-6-23(7-9-24)5-3-20-29/h22-28H,2-21H2,1H3. The average Bonchev–Trinajstić information content (AvgIpc) is 2.78. The summed E-state index contributed by atoms with van der Waals surface area (Å²) in [6, 6.07) is 0. The van der Waals surface area contributed by atoms with Crippen molar-refractivity contribution in [3.8, 4) is 0 Å². The van der Waals surface area contributed by atoms with Gasteiger partial charge in [-0.1, -0.05) is 96.8 Å². The summed E-state index contributed by atoms with van der Waals surface area (Å²) in [6.45, 7) is 2.34. The van der Waals surface area contributed by atoms with Crippen LogP contribution in [0.5, 0.6) is 0 Å². The molecule has 3 aliphatic carbocycles. The Labute approximate surface area is 198 Å². The van der Waals surface area contributed by atoms with Gasteiger partial charge >= 0.3 is 0 Å². The SMILES string of the molecule is CCCC1CCC(C(Cl)CC2CCC(CCC3CCC(CCCCl)CC3)CC2)CC1. The Kier molecular flexibility index (Phi) is 11.7. The minimum absolute atomic E-state index is 0.461. The third-order valence-corrected chi connectivity index (χ3v) is 10.1. The zero-order valence-electron chi connectivity index (χ0n) is 19.9. The summed E-state index contributed by atoms with van der Waals surface area (Å²) in [4.78, 5) is 0. The first-order valence-electron chi connectivity index (χ1n) is 13.9. The molecule has 0 spiro atoms. The molecule has 3 saturated carbocycles. The van der Waals surface area contributed by atoms with E-state index in [4.69, 9.17) is 23.2 Å². The van der Waals surface area contributed by atoms with E-state index < -0.39 is 0 Å². The summed E-state index contributed by atoms with van der Waals surface area (Å²) in [5, 5.41) is 0.461. The molecule has 0 bridgehead atoms. The van der Waals surface area contributed by atoms with E-state index in [1.54, 1.807) is 0 Å². The Hall–Kier alpha value is 0.580. The lowest BCUT2D eigenvalue weighted by molar-refractivity contribution is 0.196. The van der Waals surface area contributed by atoms with Crippen molar-refractivity contribution in [2.24, 2.45) is 35.5 Å². The number of hydrogen-bond donors (Lipinski definition) is 0. The van der Waals surface area contributed by atoms with Gasteiger partial charge in [0.1, 0.15) is 0 Å². The Morgan fingerprint density at radius 1 is 0.600 bits per heavy atom. The highest BCUT2D eigenvalue weighted by Crippen LogP contribution is 2.41. The maximum absolute atomic E-state index is 6.95. The molecule has 0 amide bonds. The van der Waals surface area contributed by atoms with Gasteiger partial charge in [-0.3, -0.25) is 0 Å². The maximum atomic E-state index is 6.95. The first-order valence-corrected chi connectivity index (χ1v) is 14.8. The van der Waals surface area contributed by atoms with Crippen LogP contribution < -0.4 is 0 Å². The molecule has 0 aromatic heterocycles. The first-order chi connectivity index (χ1) is 14.7. The molecule has 0 aliphatic heterocycles. The molecule has 176 valence electrons. The van der Waals surface area contributed by atoms with E-state index in [0.29, 0.717) is 5.38 Å².